The Labute approximate surface area is 85.2 Å². The summed E-state index contributed by atoms with van der Waals surface area (Å²) in [4.78, 5) is 0. The zero-order chi connectivity index (χ0) is 9.86. The molecule has 0 aromatic carbocycles. The van der Waals surface area contributed by atoms with E-state index in [9.17, 15) is 4.39 Å². The fourth-order valence-electron chi connectivity index (χ4n) is 2.38. The zero-order valence-electron chi connectivity index (χ0n) is 8.73. The molecule has 2 fully saturated rings. The number of rotatable bonds is 3. The number of ether oxygens (including phenoxy) is 1. The smallest absolute Gasteiger partial charge is 0.123 e. The Morgan fingerprint density at radius 3 is 2.71 bits per heavy atom. The third-order valence-corrected chi connectivity index (χ3v) is 3.39. The van der Waals surface area contributed by atoms with Gasteiger partial charge in [0, 0.05) is 19.2 Å². The van der Waals surface area contributed by atoms with Gasteiger partial charge >= 0.3 is 0 Å². The molecule has 1 aliphatic heterocycles. The molecule has 3 heteroatoms. The molecule has 2 rings (SSSR count). The summed E-state index contributed by atoms with van der Waals surface area (Å²) in [5, 5.41) is 3.29. The van der Waals surface area contributed by atoms with Crippen LogP contribution in [0.25, 0.3) is 0 Å². The van der Waals surface area contributed by atoms with Crippen LogP contribution >= 0.6 is 0 Å². The molecule has 1 unspecified atom stereocenters. The van der Waals surface area contributed by atoms with Crippen LogP contribution in [0.1, 0.15) is 38.5 Å². The van der Waals surface area contributed by atoms with E-state index in [1.54, 1.807) is 0 Å². The van der Waals surface area contributed by atoms with Crippen LogP contribution in [0.15, 0.2) is 0 Å². The van der Waals surface area contributed by atoms with Gasteiger partial charge in [0.05, 0.1) is 6.61 Å². The van der Waals surface area contributed by atoms with Crippen LogP contribution in [-0.4, -0.2) is 31.5 Å². The minimum atomic E-state index is -0.930. The summed E-state index contributed by atoms with van der Waals surface area (Å²) in [6, 6.07) is 0.393. The van der Waals surface area contributed by atoms with Crippen molar-refractivity contribution < 1.29 is 9.13 Å². The Morgan fingerprint density at radius 2 is 2.07 bits per heavy atom. The Balaban J connectivity index is 1.72. The molecule has 0 spiro atoms. The van der Waals surface area contributed by atoms with Crippen LogP contribution in [-0.2, 0) is 4.74 Å². The second-order valence-electron chi connectivity index (χ2n) is 4.65. The Kier molecular flexibility index (Phi) is 3.39. The topological polar surface area (TPSA) is 21.3 Å². The molecule has 0 radical (unpaired) electrons. The van der Waals surface area contributed by atoms with Crippen molar-refractivity contribution in [3.63, 3.8) is 0 Å². The molecule has 1 aliphatic carbocycles. The predicted molar refractivity (Wildman–Crippen MR) is 54.2 cm³/mol. The average Bonchev–Trinajstić information content (AvgIpc) is 2.69. The normalized spacial score (nSPS) is 31.9. The Hall–Kier alpha value is -0.150. The molecule has 82 valence electrons. The fraction of sp³-hybridized carbons (Fsp3) is 1.00. The van der Waals surface area contributed by atoms with Gasteiger partial charge in [-0.2, -0.15) is 0 Å². The maximum atomic E-state index is 14.1. The van der Waals surface area contributed by atoms with Crippen LogP contribution in [0.2, 0.25) is 0 Å². The van der Waals surface area contributed by atoms with Crippen LogP contribution < -0.4 is 5.32 Å². The number of hydrogen-bond donors (Lipinski definition) is 1. The summed E-state index contributed by atoms with van der Waals surface area (Å²) in [5.41, 5.74) is -0.930. The van der Waals surface area contributed by atoms with Gasteiger partial charge < -0.3 is 10.1 Å². The van der Waals surface area contributed by atoms with E-state index in [4.69, 9.17) is 4.74 Å². The number of halogens is 1. The molecule has 1 heterocycles. The summed E-state index contributed by atoms with van der Waals surface area (Å²) in [6.45, 7) is 2.12. The molecule has 1 saturated carbocycles. The standard InChI is InChI=1S/C11H20FNO/c12-11(5-2-1-3-6-11)9-13-10-4-7-14-8-10/h10,13H,1-9H2. The van der Waals surface area contributed by atoms with Crippen LogP contribution in [0, 0.1) is 0 Å². The zero-order valence-corrected chi connectivity index (χ0v) is 8.73. The summed E-state index contributed by atoms with van der Waals surface area (Å²) in [5.74, 6) is 0. The highest BCUT2D eigenvalue weighted by Gasteiger charge is 2.32. The van der Waals surface area contributed by atoms with Crippen LogP contribution in [0.3, 0.4) is 0 Å². The summed E-state index contributed by atoms with van der Waals surface area (Å²) < 4.78 is 19.4. The lowest BCUT2D eigenvalue weighted by atomic mass is 9.86. The highest BCUT2D eigenvalue weighted by Crippen LogP contribution is 2.31. The fourth-order valence-corrected chi connectivity index (χ4v) is 2.38. The maximum Gasteiger partial charge on any atom is 0.123 e. The first-order chi connectivity index (χ1) is 6.79. The van der Waals surface area contributed by atoms with E-state index in [-0.39, 0.29) is 0 Å². The lowest BCUT2D eigenvalue weighted by Crippen LogP contribution is -2.43. The molecule has 1 atom stereocenters. The largest absolute Gasteiger partial charge is 0.380 e. The molecule has 2 aliphatic rings. The van der Waals surface area contributed by atoms with E-state index in [1.807, 2.05) is 0 Å². The van der Waals surface area contributed by atoms with Gasteiger partial charge in [0.15, 0.2) is 0 Å². The van der Waals surface area contributed by atoms with Crippen molar-refractivity contribution in [2.24, 2.45) is 0 Å². The molecular formula is C11H20FNO. The molecule has 0 aromatic rings. The minimum absolute atomic E-state index is 0.393. The first-order valence-corrected chi connectivity index (χ1v) is 5.79. The van der Waals surface area contributed by atoms with Crippen molar-refractivity contribution in [2.75, 3.05) is 19.8 Å². The molecular weight excluding hydrogens is 181 g/mol. The van der Waals surface area contributed by atoms with E-state index in [0.717, 1.165) is 45.3 Å². The third kappa shape index (κ3) is 2.67. The lowest BCUT2D eigenvalue weighted by molar-refractivity contribution is 0.0996. The second-order valence-corrected chi connectivity index (χ2v) is 4.65. The van der Waals surface area contributed by atoms with E-state index < -0.39 is 5.67 Å². The van der Waals surface area contributed by atoms with Gasteiger partial charge in [-0.3, -0.25) is 0 Å². The first kappa shape index (κ1) is 10.4. The van der Waals surface area contributed by atoms with Crippen molar-refractivity contribution in [3.8, 4) is 0 Å². The van der Waals surface area contributed by atoms with E-state index in [2.05, 4.69) is 5.32 Å². The third-order valence-electron chi connectivity index (χ3n) is 3.39. The molecule has 2 nitrogen and oxygen atoms in total. The van der Waals surface area contributed by atoms with Crippen molar-refractivity contribution in [1.82, 2.24) is 5.32 Å². The van der Waals surface area contributed by atoms with Gasteiger partial charge in [0.25, 0.3) is 0 Å². The summed E-state index contributed by atoms with van der Waals surface area (Å²) >= 11 is 0. The molecule has 0 amide bonds. The maximum absolute atomic E-state index is 14.1. The van der Waals surface area contributed by atoms with E-state index in [1.165, 1.54) is 6.42 Å². The van der Waals surface area contributed by atoms with Gasteiger partial charge in [-0.25, -0.2) is 4.39 Å². The van der Waals surface area contributed by atoms with Crippen molar-refractivity contribution in [3.05, 3.63) is 0 Å². The van der Waals surface area contributed by atoms with Crippen molar-refractivity contribution >= 4 is 0 Å². The summed E-state index contributed by atoms with van der Waals surface area (Å²) in [6.07, 6.45) is 5.84. The lowest BCUT2D eigenvalue weighted by Gasteiger charge is -2.30. The van der Waals surface area contributed by atoms with Gasteiger partial charge in [0.2, 0.25) is 0 Å². The van der Waals surface area contributed by atoms with Crippen LogP contribution in [0.4, 0.5) is 4.39 Å². The van der Waals surface area contributed by atoms with Gasteiger partial charge in [0.1, 0.15) is 5.67 Å². The molecule has 14 heavy (non-hydrogen) atoms. The quantitative estimate of drug-likeness (QED) is 0.754. The molecule has 1 saturated heterocycles. The number of nitrogens with one attached hydrogen (secondary N) is 1. The predicted octanol–water partition coefficient (Wildman–Crippen LogP) is 2.04. The number of hydrogen-bond acceptors (Lipinski definition) is 2. The van der Waals surface area contributed by atoms with Crippen molar-refractivity contribution in [1.29, 1.82) is 0 Å². The molecule has 0 aromatic heterocycles. The summed E-state index contributed by atoms with van der Waals surface area (Å²) in [7, 11) is 0. The minimum Gasteiger partial charge on any atom is -0.380 e. The molecule has 0 bridgehead atoms. The SMILES string of the molecule is FC1(CNC2CCOC2)CCCCC1. The van der Waals surface area contributed by atoms with Gasteiger partial charge in [-0.15, -0.1) is 0 Å². The molecule has 1 N–H and O–H groups in total. The Bertz CT molecular complexity index is 174. The van der Waals surface area contributed by atoms with E-state index >= 15 is 0 Å². The number of alkyl halides is 1. The first-order valence-electron chi connectivity index (χ1n) is 5.79. The average molecular weight is 201 g/mol. The Morgan fingerprint density at radius 1 is 1.29 bits per heavy atom. The highest BCUT2D eigenvalue weighted by atomic mass is 19.1. The van der Waals surface area contributed by atoms with Gasteiger partial charge in [-0.1, -0.05) is 19.3 Å². The van der Waals surface area contributed by atoms with Crippen LogP contribution in [0.5, 0.6) is 0 Å². The second kappa shape index (κ2) is 4.58. The van der Waals surface area contributed by atoms with E-state index in [0.29, 0.717) is 12.6 Å². The monoisotopic (exact) mass is 201 g/mol. The van der Waals surface area contributed by atoms with Crippen molar-refractivity contribution in [2.45, 2.75) is 50.2 Å². The van der Waals surface area contributed by atoms with Gasteiger partial charge in [-0.05, 0) is 19.3 Å². The highest BCUT2D eigenvalue weighted by molar-refractivity contribution is 4.87.